The van der Waals surface area contributed by atoms with Gasteiger partial charge in [-0.05, 0) is 72.6 Å². The van der Waals surface area contributed by atoms with Crippen LogP contribution in [0.3, 0.4) is 0 Å². The van der Waals surface area contributed by atoms with Crippen molar-refractivity contribution >= 4 is 40.9 Å². The van der Waals surface area contributed by atoms with Crippen molar-refractivity contribution in [3.8, 4) is 11.5 Å². The molecule has 1 saturated heterocycles. The molecule has 5 nitrogen and oxygen atoms in total. The molecule has 0 spiro atoms. The number of amides is 1. The topological polar surface area (TPSA) is 50.8 Å². The van der Waals surface area contributed by atoms with Gasteiger partial charge in [-0.2, -0.15) is 0 Å². The quantitative estimate of drug-likeness (QED) is 0.483. The largest absolute Gasteiger partial charge is 0.496 e. The van der Waals surface area contributed by atoms with Crippen molar-refractivity contribution in [3.05, 3.63) is 63.8 Å². The first kappa shape index (κ1) is 22.1. The molecule has 1 aliphatic heterocycles. The van der Waals surface area contributed by atoms with Gasteiger partial charge in [0.1, 0.15) is 23.8 Å². The van der Waals surface area contributed by atoms with Gasteiger partial charge in [-0.25, -0.2) is 0 Å². The van der Waals surface area contributed by atoms with E-state index in [1.807, 2.05) is 37.3 Å². The molecule has 0 saturated carbocycles. The number of ether oxygens (including phenoxy) is 2. The molecular weight excluding hydrogens is 420 g/mol. The number of carbonyl (C=O) groups excluding carboxylic acids is 1. The van der Waals surface area contributed by atoms with Crippen LogP contribution in [0.25, 0.3) is 6.08 Å². The van der Waals surface area contributed by atoms with Crippen LogP contribution in [0.1, 0.15) is 30.5 Å². The van der Waals surface area contributed by atoms with E-state index in [1.165, 1.54) is 0 Å². The molecule has 1 heterocycles. The molecule has 7 heteroatoms. The highest BCUT2D eigenvalue weighted by Crippen LogP contribution is 2.27. The Morgan fingerprint density at radius 2 is 1.93 bits per heavy atom. The van der Waals surface area contributed by atoms with Crippen LogP contribution in [0.4, 0.5) is 0 Å². The Morgan fingerprint density at radius 3 is 2.60 bits per heavy atom. The fourth-order valence-electron chi connectivity index (χ4n) is 3.20. The van der Waals surface area contributed by atoms with Crippen LogP contribution in [0, 0.1) is 12.8 Å². The smallest absolute Gasteiger partial charge is 0.276 e. The number of halogens is 1. The van der Waals surface area contributed by atoms with Gasteiger partial charge in [0.05, 0.1) is 7.11 Å². The van der Waals surface area contributed by atoms with Crippen molar-refractivity contribution < 1.29 is 14.3 Å². The van der Waals surface area contributed by atoms with E-state index in [2.05, 4.69) is 19.2 Å². The molecule has 3 rings (SSSR count). The first-order valence-electron chi connectivity index (χ1n) is 9.69. The van der Waals surface area contributed by atoms with E-state index in [1.54, 1.807) is 24.2 Å². The number of methoxy groups -OCH3 is 1. The number of carbonyl (C=O) groups is 1. The molecule has 1 amide bonds. The van der Waals surface area contributed by atoms with Crippen molar-refractivity contribution in [1.29, 1.82) is 0 Å². The van der Waals surface area contributed by atoms with Crippen LogP contribution in [0.15, 0.2) is 42.1 Å². The summed E-state index contributed by atoms with van der Waals surface area (Å²) in [5.41, 5.74) is 3.14. The summed E-state index contributed by atoms with van der Waals surface area (Å²) in [6.07, 6.45) is 1.80. The van der Waals surface area contributed by atoms with Crippen LogP contribution in [0.5, 0.6) is 11.5 Å². The van der Waals surface area contributed by atoms with E-state index in [-0.39, 0.29) is 5.91 Å². The van der Waals surface area contributed by atoms with Gasteiger partial charge in [-0.15, -0.1) is 0 Å². The van der Waals surface area contributed by atoms with E-state index in [0.717, 1.165) is 22.4 Å². The van der Waals surface area contributed by atoms with Gasteiger partial charge in [0.2, 0.25) is 0 Å². The normalized spacial score (nSPS) is 15.1. The molecule has 30 heavy (non-hydrogen) atoms. The Kier molecular flexibility index (Phi) is 7.00. The van der Waals surface area contributed by atoms with Crippen molar-refractivity contribution in [2.24, 2.45) is 5.92 Å². The van der Waals surface area contributed by atoms with Gasteiger partial charge in [0.15, 0.2) is 5.11 Å². The highest BCUT2D eigenvalue weighted by molar-refractivity contribution is 7.80. The lowest BCUT2D eigenvalue weighted by Crippen LogP contribution is -2.33. The second kappa shape index (κ2) is 9.49. The lowest BCUT2D eigenvalue weighted by molar-refractivity contribution is -0.122. The van der Waals surface area contributed by atoms with E-state index in [9.17, 15) is 4.79 Å². The lowest BCUT2D eigenvalue weighted by Gasteiger charge is -2.16. The van der Waals surface area contributed by atoms with Crippen LogP contribution in [0.2, 0.25) is 5.02 Å². The summed E-state index contributed by atoms with van der Waals surface area (Å²) < 4.78 is 11.4. The molecule has 0 aromatic heterocycles. The molecule has 2 aromatic carbocycles. The van der Waals surface area contributed by atoms with E-state index in [0.29, 0.717) is 40.7 Å². The number of aryl methyl sites for hydroxylation is 1. The van der Waals surface area contributed by atoms with E-state index < -0.39 is 0 Å². The summed E-state index contributed by atoms with van der Waals surface area (Å²) in [4.78, 5) is 14.3. The van der Waals surface area contributed by atoms with Gasteiger partial charge in [-0.3, -0.25) is 9.69 Å². The Bertz CT molecular complexity index is 1000. The molecule has 0 aliphatic carbocycles. The van der Waals surface area contributed by atoms with Crippen LogP contribution in [-0.2, 0) is 11.4 Å². The molecule has 0 unspecified atom stereocenters. The average molecular weight is 445 g/mol. The fraction of sp³-hybridized carbons (Fsp3) is 0.304. The predicted molar refractivity (Wildman–Crippen MR) is 124 cm³/mol. The maximum Gasteiger partial charge on any atom is 0.276 e. The summed E-state index contributed by atoms with van der Waals surface area (Å²) >= 11 is 11.3. The van der Waals surface area contributed by atoms with Crippen molar-refractivity contribution in [3.63, 3.8) is 0 Å². The number of thiocarbonyl (C=S) groups is 1. The summed E-state index contributed by atoms with van der Waals surface area (Å²) in [6.45, 7) is 6.96. The van der Waals surface area contributed by atoms with E-state index in [4.69, 9.17) is 33.3 Å². The number of benzene rings is 2. The van der Waals surface area contributed by atoms with Crippen LogP contribution >= 0.6 is 23.8 Å². The zero-order chi connectivity index (χ0) is 21.8. The standard InChI is InChI=1S/C23H25ClN2O3S/c1-14(2)12-26-22(27)19(25-23(26)30)11-16-5-7-21(28-4)17(10-16)13-29-20-8-6-18(24)9-15(20)3/h5-11,14H,12-13H2,1-4H3,(H,25,30)/b19-11+. The summed E-state index contributed by atoms with van der Waals surface area (Å²) in [6, 6.07) is 11.2. The molecule has 1 N–H and O–H groups in total. The van der Waals surface area contributed by atoms with Gasteiger partial charge >= 0.3 is 0 Å². The lowest BCUT2D eigenvalue weighted by atomic mass is 10.1. The second-order valence-electron chi connectivity index (χ2n) is 7.57. The second-order valence-corrected chi connectivity index (χ2v) is 8.39. The number of nitrogens with zero attached hydrogens (tertiary/aromatic N) is 1. The van der Waals surface area contributed by atoms with Crippen molar-refractivity contribution in [2.45, 2.75) is 27.4 Å². The highest BCUT2D eigenvalue weighted by atomic mass is 35.5. The third kappa shape index (κ3) is 5.12. The minimum atomic E-state index is -0.112. The van der Waals surface area contributed by atoms with Gasteiger partial charge in [0.25, 0.3) is 5.91 Å². The maximum atomic E-state index is 12.7. The maximum absolute atomic E-state index is 12.7. The van der Waals surface area contributed by atoms with Crippen LogP contribution in [-0.4, -0.2) is 29.6 Å². The molecular formula is C23H25ClN2O3S. The SMILES string of the molecule is COc1ccc(/C=C2/NC(=S)N(CC(C)C)C2=O)cc1COc1ccc(Cl)cc1C. The van der Waals surface area contributed by atoms with Gasteiger partial charge in [-0.1, -0.05) is 31.5 Å². The summed E-state index contributed by atoms with van der Waals surface area (Å²) in [5, 5.41) is 4.13. The van der Waals surface area contributed by atoms with Crippen molar-refractivity contribution in [1.82, 2.24) is 10.2 Å². The number of hydrogen-bond acceptors (Lipinski definition) is 4. The highest BCUT2D eigenvalue weighted by Gasteiger charge is 2.30. The molecule has 2 aromatic rings. The minimum Gasteiger partial charge on any atom is -0.496 e. The zero-order valence-electron chi connectivity index (χ0n) is 17.5. The Morgan fingerprint density at radius 1 is 1.20 bits per heavy atom. The monoisotopic (exact) mass is 444 g/mol. The molecule has 0 bridgehead atoms. The van der Waals surface area contributed by atoms with Crippen LogP contribution < -0.4 is 14.8 Å². The average Bonchev–Trinajstić information content (AvgIpc) is 2.94. The summed E-state index contributed by atoms with van der Waals surface area (Å²) in [5.74, 6) is 1.69. The third-order valence-corrected chi connectivity index (χ3v) is 5.20. The Hall–Kier alpha value is -2.57. The predicted octanol–water partition coefficient (Wildman–Crippen LogP) is 4.95. The molecule has 0 radical (unpaired) electrons. The third-order valence-electron chi connectivity index (χ3n) is 4.65. The first-order valence-corrected chi connectivity index (χ1v) is 10.5. The first-order chi connectivity index (χ1) is 14.3. The van der Waals surface area contributed by atoms with Gasteiger partial charge in [0, 0.05) is 17.1 Å². The molecule has 1 fully saturated rings. The van der Waals surface area contributed by atoms with Crippen molar-refractivity contribution in [2.75, 3.05) is 13.7 Å². The molecule has 1 aliphatic rings. The zero-order valence-corrected chi connectivity index (χ0v) is 19.1. The summed E-state index contributed by atoms with van der Waals surface area (Å²) in [7, 11) is 1.62. The Labute approximate surface area is 187 Å². The molecule has 158 valence electrons. The van der Waals surface area contributed by atoms with E-state index >= 15 is 0 Å². The molecule has 0 atom stereocenters. The number of hydrogen-bond donors (Lipinski definition) is 1. The fourth-order valence-corrected chi connectivity index (χ4v) is 3.69. The Balaban J connectivity index is 1.81. The number of nitrogens with one attached hydrogen (secondary N) is 1. The number of rotatable bonds is 7. The van der Waals surface area contributed by atoms with Gasteiger partial charge < -0.3 is 14.8 Å². The minimum absolute atomic E-state index is 0.112.